The Hall–Kier alpha value is -0.340. The fourth-order valence-electron chi connectivity index (χ4n) is 1.05. The van der Waals surface area contributed by atoms with Gasteiger partial charge in [-0.1, -0.05) is 13.8 Å². The van der Waals surface area contributed by atoms with E-state index in [4.69, 9.17) is 4.74 Å². The highest BCUT2D eigenvalue weighted by atomic mass is 32.1. The van der Waals surface area contributed by atoms with Crippen molar-refractivity contribution in [2.75, 3.05) is 6.61 Å². The van der Waals surface area contributed by atoms with Gasteiger partial charge < -0.3 is 4.74 Å². The first-order chi connectivity index (χ1) is 5.27. The molecular weight excluding hydrogens is 156 g/mol. The summed E-state index contributed by atoms with van der Waals surface area (Å²) in [7, 11) is 0. The first kappa shape index (κ1) is 7.32. The van der Waals surface area contributed by atoms with Crippen LogP contribution < -0.4 is 0 Å². The minimum absolute atomic E-state index is 0.437. The van der Waals surface area contributed by atoms with E-state index in [9.17, 15) is 0 Å². The van der Waals surface area contributed by atoms with Gasteiger partial charge in [0.15, 0.2) is 0 Å². The average Bonchev–Trinajstić information content (AvgIpc) is 2.68. The van der Waals surface area contributed by atoms with E-state index in [1.54, 1.807) is 0 Å². The normalized spacial score (nSPS) is 22.6. The first-order valence-electron chi connectivity index (χ1n) is 3.97. The predicted octanol–water partition coefficient (Wildman–Crippen LogP) is 2.94. The monoisotopic (exact) mass is 168 g/mol. The fraction of sp³-hybridized carbons (Fsp3) is 0.556. The molecule has 0 N–H and O–H groups in total. The second kappa shape index (κ2) is 2.61. The van der Waals surface area contributed by atoms with Gasteiger partial charge in [0.1, 0.15) is 6.10 Å². The van der Waals surface area contributed by atoms with E-state index >= 15 is 0 Å². The van der Waals surface area contributed by atoms with Gasteiger partial charge in [0.25, 0.3) is 0 Å². The maximum Gasteiger partial charge on any atom is 0.115 e. The Balaban J connectivity index is 2.18. The van der Waals surface area contributed by atoms with Gasteiger partial charge >= 0.3 is 0 Å². The Morgan fingerprint density at radius 1 is 1.64 bits per heavy atom. The molecule has 1 aliphatic rings. The molecule has 0 amide bonds. The van der Waals surface area contributed by atoms with Gasteiger partial charge in [0, 0.05) is 4.88 Å². The molecule has 0 radical (unpaired) electrons. The molecule has 11 heavy (non-hydrogen) atoms. The van der Waals surface area contributed by atoms with Crippen molar-refractivity contribution in [3.8, 4) is 0 Å². The van der Waals surface area contributed by atoms with Crippen LogP contribution >= 0.6 is 11.3 Å². The zero-order valence-electron chi connectivity index (χ0n) is 6.83. The van der Waals surface area contributed by atoms with Gasteiger partial charge in [-0.15, -0.1) is 11.3 Å². The number of hydrogen-bond donors (Lipinski definition) is 0. The SMILES string of the molecule is CC(C)c1csc(C2CO2)c1. The Morgan fingerprint density at radius 3 is 2.82 bits per heavy atom. The molecule has 2 rings (SSSR count). The van der Waals surface area contributed by atoms with Crippen LogP contribution in [-0.2, 0) is 4.74 Å². The minimum atomic E-state index is 0.437. The number of ether oxygens (including phenoxy) is 1. The Morgan fingerprint density at radius 2 is 2.36 bits per heavy atom. The van der Waals surface area contributed by atoms with Crippen LogP contribution in [0.1, 0.15) is 36.3 Å². The highest BCUT2D eigenvalue weighted by Crippen LogP contribution is 2.35. The lowest BCUT2D eigenvalue weighted by molar-refractivity contribution is 0.418. The van der Waals surface area contributed by atoms with Crippen molar-refractivity contribution < 1.29 is 4.74 Å². The minimum Gasteiger partial charge on any atom is -0.367 e. The second-order valence-electron chi connectivity index (χ2n) is 3.26. The van der Waals surface area contributed by atoms with E-state index in [0.717, 1.165) is 6.61 Å². The summed E-state index contributed by atoms with van der Waals surface area (Å²) < 4.78 is 5.20. The third kappa shape index (κ3) is 1.47. The standard InChI is InChI=1S/C9H12OS/c1-6(2)7-3-9(11-5-7)8-4-10-8/h3,5-6,8H,4H2,1-2H3. The molecule has 1 atom stereocenters. The maximum atomic E-state index is 5.20. The summed E-state index contributed by atoms with van der Waals surface area (Å²) in [5, 5.41) is 2.24. The molecule has 0 bridgehead atoms. The van der Waals surface area contributed by atoms with Gasteiger partial charge in [-0.3, -0.25) is 0 Å². The van der Waals surface area contributed by atoms with Crippen LogP contribution in [0.3, 0.4) is 0 Å². The zero-order valence-corrected chi connectivity index (χ0v) is 7.65. The van der Waals surface area contributed by atoms with Gasteiger partial charge in [-0.2, -0.15) is 0 Å². The molecule has 1 nitrogen and oxygen atoms in total. The van der Waals surface area contributed by atoms with Crippen molar-refractivity contribution in [2.45, 2.75) is 25.9 Å². The summed E-state index contributed by atoms with van der Waals surface area (Å²) in [6.07, 6.45) is 0.437. The van der Waals surface area contributed by atoms with Crippen LogP contribution in [0.5, 0.6) is 0 Å². The number of epoxide rings is 1. The molecule has 1 saturated heterocycles. The van der Waals surface area contributed by atoms with E-state index in [1.165, 1.54) is 10.4 Å². The molecule has 1 fully saturated rings. The molecule has 1 unspecified atom stereocenters. The number of hydrogen-bond acceptors (Lipinski definition) is 2. The van der Waals surface area contributed by atoms with E-state index in [-0.39, 0.29) is 0 Å². The lowest BCUT2D eigenvalue weighted by Crippen LogP contribution is -1.81. The van der Waals surface area contributed by atoms with Crippen molar-refractivity contribution >= 4 is 11.3 Å². The second-order valence-corrected chi connectivity index (χ2v) is 4.20. The molecule has 1 aliphatic heterocycles. The third-order valence-corrected chi connectivity index (χ3v) is 3.00. The van der Waals surface area contributed by atoms with Crippen molar-refractivity contribution in [1.82, 2.24) is 0 Å². The van der Waals surface area contributed by atoms with Crippen LogP contribution in [0.25, 0.3) is 0 Å². The molecule has 2 heterocycles. The van der Waals surface area contributed by atoms with Gasteiger partial charge in [0.05, 0.1) is 6.61 Å². The summed E-state index contributed by atoms with van der Waals surface area (Å²) >= 11 is 1.82. The molecule has 60 valence electrons. The van der Waals surface area contributed by atoms with Crippen LogP contribution in [0, 0.1) is 0 Å². The Kier molecular flexibility index (Phi) is 1.74. The molecular formula is C9H12OS. The zero-order chi connectivity index (χ0) is 7.84. The van der Waals surface area contributed by atoms with E-state index < -0.39 is 0 Å². The van der Waals surface area contributed by atoms with Crippen molar-refractivity contribution in [3.63, 3.8) is 0 Å². The number of thiophene rings is 1. The molecule has 0 aliphatic carbocycles. The summed E-state index contributed by atoms with van der Waals surface area (Å²) in [4.78, 5) is 1.40. The quantitative estimate of drug-likeness (QED) is 0.618. The van der Waals surface area contributed by atoms with E-state index in [0.29, 0.717) is 12.0 Å². The Bertz CT molecular complexity index is 231. The topological polar surface area (TPSA) is 12.5 Å². The van der Waals surface area contributed by atoms with Crippen molar-refractivity contribution in [2.24, 2.45) is 0 Å². The number of rotatable bonds is 2. The van der Waals surface area contributed by atoms with Gasteiger partial charge in [-0.25, -0.2) is 0 Å². The molecule has 2 heteroatoms. The highest BCUT2D eigenvalue weighted by Gasteiger charge is 2.26. The smallest absolute Gasteiger partial charge is 0.115 e. The highest BCUT2D eigenvalue weighted by molar-refractivity contribution is 7.10. The molecule has 0 saturated carbocycles. The van der Waals surface area contributed by atoms with E-state index in [1.807, 2.05) is 11.3 Å². The first-order valence-corrected chi connectivity index (χ1v) is 4.85. The summed E-state index contributed by atoms with van der Waals surface area (Å²) in [5.74, 6) is 0.652. The van der Waals surface area contributed by atoms with Crippen LogP contribution in [0.15, 0.2) is 11.4 Å². The summed E-state index contributed by atoms with van der Waals surface area (Å²) in [6.45, 7) is 5.37. The van der Waals surface area contributed by atoms with Crippen molar-refractivity contribution in [1.29, 1.82) is 0 Å². The average molecular weight is 168 g/mol. The Labute approximate surface area is 71.0 Å². The van der Waals surface area contributed by atoms with Gasteiger partial charge in [0.2, 0.25) is 0 Å². The summed E-state index contributed by atoms with van der Waals surface area (Å²) in [5.41, 5.74) is 1.44. The molecule has 0 aromatic carbocycles. The van der Waals surface area contributed by atoms with Crippen LogP contribution in [0.2, 0.25) is 0 Å². The predicted molar refractivity (Wildman–Crippen MR) is 47.1 cm³/mol. The summed E-state index contributed by atoms with van der Waals surface area (Å²) in [6, 6.07) is 2.27. The molecule has 1 aromatic heterocycles. The lowest BCUT2D eigenvalue weighted by atomic mass is 10.1. The maximum absolute atomic E-state index is 5.20. The van der Waals surface area contributed by atoms with E-state index in [2.05, 4.69) is 25.3 Å². The molecule has 1 aromatic rings. The van der Waals surface area contributed by atoms with Crippen LogP contribution in [-0.4, -0.2) is 6.61 Å². The molecule has 0 spiro atoms. The van der Waals surface area contributed by atoms with Crippen molar-refractivity contribution in [3.05, 3.63) is 21.9 Å². The van der Waals surface area contributed by atoms with Crippen LogP contribution in [0.4, 0.5) is 0 Å². The van der Waals surface area contributed by atoms with Gasteiger partial charge in [-0.05, 0) is 22.9 Å². The fourth-order valence-corrected chi connectivity index (χ4v) is 2.16. The lowest BCUT2D eigenvalue weighted by Gasteiger charge is -1.97. The largest absolute Gasteiger partial charge is 0.367 e. The third-order valence-electron chi connectivity index (χ3n) is 1.96.